The number of quaternary nitrogens is 1. The van der Waals surface area contributed by atoms with Gasteiger partial charge >= 0.3 is 0 Å². The highest BCUT2D eigenvalue weighted by molar-refractivity contribution is 6.04. The Labute approximate surface area is 166 Å². The maximum Gasteiger partial charge on any atom is 0.235 e. The number of methoxy groups -OCH3 is 2. The lowest BCUT2D eigenvalue weighted by Gasteiger charge is -2.22. The first-order valence-corrected chi connectivity index (χ1v) is 9.40. The zero-order chi connectivity index (χ0) is 21.2. The molecule has 0 aliphatic carbocycles. The third-order valence-corrected chi connectivity index (χ3v) is 5.48. The van der Waals surface area contributed by atoms with E-state index in [1.54, 1.807) is 14.2 Å². The van der Waals surface area contributed by atoms with Crippen molar-refractivity contribution in [2.75, 3.05) is 21.3 Å². The van der Waals surface area contributed by atoms with E-state index in [1.807, 2.05) is 46.9 Å². The average Bonchev–Trinajstić information content (AvgIpc) is 2.95. The van der Waals surface area contributed by atoms with Gasteiger partial charge in [-0.2, -0.15) is 0 Å². The van der Waals surface area contributed by atoms with E-state index in [9.17, 15) is 9.59 Å². The summed E-state index contributed by atoms with van der Waals surface area (Å²) in [6.45, 7) is 9.78. The van der Waals surface area contributed by atoms with Gasteiger partial charge in [0, 0.05) is 16.8 Å². The molecule has 0 spiro atoms. The molecule has 1 aromatic carbocycles. The van der Waals surface area contributed by atoms with Crippen LogP contribution in [0.15, 0.2) is 12.1 Å². The summed E-state index contributed by atoms with van der Waals surface area (Å²) in [7, 11) is 5.23. The Morgan fingerprint density at radius 1 is 1.11 bits per heavy atom. The van der Waals surface area contributed by atoms with Crippen molar-refractivity contribution < 1.29 is 24.0 Å². The summed E-state index contributed by atoms with van der Waals surface area (Å²) >= 11 is 0. The molecular weight excluding hydrogens is 356 g/mol. The van der Waals surface area contributed by atoms with Crippen molar-refractivity contribution in [1.82, 2.24) is 4.98 Å². The fourth-order valence-corrected chi connectivity index (χ4v) is 3.63. The second kappa shape index (κ2) is 8.61. The monoisotopic (exact) mass is 387 g/mol. The van der Waals surface area contributed by atoms with Crippen molar-refractivity contribution in [3.63, 3.8) is 0 Å². The highest BCUT2D eigenvalue weighted by atomic mass is 16.5. The third kappa shape index (κ3) is 4.12. The van der Waals surface area contributed by atoms with Crippen molar-refractivity contribution in [2.45, 2.75) is 47.2 Å². The standard InChI is InChI=1S/C22H30N2O4/c1-12-9-18(27-7)19(28-8)10-17(12)11-24(6)15(4)22(26)21-13(2)20(16(5)25)14(3)23-21/h9-10,15,23H,11H2,1-8H3/p+1/t15-/m0/s1. The summed E-state index contributed by atoms with van der Waals surface area (Å²) in [5.41, 5.74) is 4.80. The number of aromatic amines is 1. The maximum atomic E-state index is 13.1. The Hall–Kier alpha value is -2.60. The summed E-state index contributed by atoms with van der Waals surface area (Å²) in [5, 5.41) is 0. The number of ketones is 2. The van der Waals surface area contributed by atoms with Crippen LogP contribution in [0.25, 0.3) is 0 Å². The highest BCUT2D eigenvalue weighted by Gasteiger charge is 2.29. The SMILES string of the molecule is COc1cc(C)c(C[NH+](C)[C@@H](C)C(=O)c2[nH]c(C)c(C(C)=O)c2C)cc1OC. The number of rotatable bonds is 8. The van der Waals surface area contributed by atoms with E-state index in [2.05, 4.69) is 4.98 Å². The van der Waals surface area contributed by atoms with Gasteiger partial charge in [-0.25, -0.2) is 0 Å². The Balaban J connectivity index is 2.26. The number of Topliss-reactive ketones (excluding diaryl/α,β-unsaturated/α-hetero) is 2. The molecule has 0 saturated heterocycles. The van der Waals surface area contributed by atoms with Crippen LogP contribution in [0.4, 0.5) is 0 Å². The van der Waals surface area contributed by atoms with Gasteiger partial charge in [-0.1, -0.05) is 0 Å². The van der Waals surface area contributed by atoms with E-state index >= 15 is 0 Å². The first-order chi connectivity index (χ1) is 13.1. The lowest BCUT2D eigenvalue weighted by Crippen LogP contribution is -3.12. The second-order valence-electron chi connectivity index (χ2n) is 7.42. The molecule has 0 radical (unpaired) electrons. The van der Waals surface area contributed by atoms with E-state index in [4.69, 9.17) is 9.47 Å². The van der Waals surface area contributed by atoms with Crippen LogP contribution >= 0.6 is 0 Å². The number of aryl methyl sites for hydroxylation is 2. The second-order valence-corrected chi connectivity index (χ2v) is 7.42. The van der Waals surface area contributed by atoms with Crippen LogP contribution in [0.3, 0.4) is 0 Å². The largest absolute Gasteiger partial charge is 0.493 e. The first-order valence-electron chi connectivity index (χ1n) is 9.40. The normalized spacial score (nSPS) is 13.1. The van der Waals surface area contributed by atoms with Gasteiger partial charge in [-0.05, 0) is 57.9 Å². The quantitative estimate of drug-likeness (QED) is 0.683. The number of carbonyl (C=O) groups excluding carboxylic acids is 2. The smallest absolute Gasteiger partial charge is 0.235 e. The van der Waals surface area contributed by atoms with Gasteiger partial charge in [-0.3, -0.25) is 9.59 Å². The van der Waals surface area contributed by atoms with Crippen LogP contribution in [0, 0.1) is 20.8 Å². The zero-order valence-corrected chi connectivity index (χ0v) is 18.1. The molecule has 2 rings (SSSR count). The molecule has 2 aromatic rings. The van der Waals surface area contributed by atoms with Crippen LogP contribution in [0.5, 0.6) is 11.5 Å². The number of hydrogen-bond acceptors (Lipinski definition) is 4. The van der Waals surface area contributed by atoms with E-state index in [0.717, 1.165) is 27.3 Å². The number of likely N-dealkylation sites (N-methyl/N-ethyl adjacent to an activating group) is 1. The topological polar surface area (TPSA) is 72.8 Å². The predicted octanol–water partition coefficient (Wildman–Crippen LogP) is 2.45. The van der Waals surface area contributed by atoms with Gasteiger partial charge < -0.3 is 19.4 Å². The molecule has 152 valence electrons. The molecule has 2 atom stereocenters. The molecule has 0 fully saturated rings. The van der Waals surface area contributed by atoms with Gasteiger partial charge in [0.05, 0.1) is 27.0 Å². The summed E-state index contributed by atoms with van der Waals surface area (Å²) in [6.07, 6.45) is 0. The Kier molecular flexibility index (Phi) is 6.67. The molecule has 0 aliphatic rings. The number of aromatic nitrogens is 1. The van der Waals surface area contributed by atoms with Crippen molar-refractivity contribution in [3.8, 4) is 11.5 Å². The lowest BCUT2D eigenvalue weighted by atomic mass is 10.0. The lowest BCUT2D eigenvalue weighted by molar-refractivity contribution is -0.907. The molecule has 2 N–H and O–H groups in total. The number of nitrogens with one attached hydrogen (secondary N) is 2. The number of ether oxygens (including phenoxy) is 2. The van der Waals surface area contributed by atoms with Crippen LogP contribution in [-0.4, -0.2) is 43.9 Å². The number of carbonyl (C=O) groups is 2. The van der Waals surface area contributed by atoms with Crippen LogP contribution < -0.4 is 14.4 Å². The average molecular weight is 388 g/mol. The van der Waals surface area contributed by atoms with Crippen LogP contribution in [0.2, 0.25) is 0 Å². The predicted molar refractivity (Wildman–Crippen MR) is 109 cm³/mol. The Morgan fingerprint density at radius 2 is 1.68 bits per heavy atom. The number of H-pyrrole nitrogens is 1. The molecule has 1 heterocycles. The molecule has 0 aliphatic heterocycles. The number of hydrogen-bond donors (Lipinski definition) is 2. The van der Waals surface area contributed by atoms with Crippen molar-refractivity contribution in [2.24, 2.45) is 0 Å². The summed E-state index contributed by atoms with van der Waals surface area (Å²) in [6, 6.07) is 3.64. The molecule has 1 aromatic heterocycles. The van der Waals surface area contributed by atoms with E-state index in [1.165, 1.54) is 6.92 Å². The van der Waals surface area contributed by atoms with Gasteiger partial charge in [-0.15, -0.1) is 0 Å². The van der Waals surface area contributed by atoms with Crippen molar-refractivity contribution >= 4 is 11.6 Å². The zero-order valence-electron chi connectivity index (χ0n) is 18.1. The number of benzene rings is 1. The Bertz CT molecular complexity index is 898. The summed E-state index contributed by atoms with van der Waals surface area (Å²) in [4.78, 5) is 29.1. The molecular formula is C22H31N2O4+. The van der Waals surface area contributed by atoms with Gasteiger partial charge in [0.2, 0.25) is 5.78 Å². The summed E-state index contributed by atoms with van der Waals surface area (Å²) in [5.74, 6) is 1.35. The molecule has 6 heteroatoms. The van der Waals surface area contributed by atoms with Crippen molar-refractivity contribution in [3.05, 3.63) is 45.8 Å². The molecule has 28 heavy (non-hydrogen) atoms. The van der Waals surface area contributed by atoms with Crippen LogP contribution in [0.1, 0.15) is 57.1 Å². The third-order valence-electron chi connectivity index (χ3n) is 5.48. The van der Waals surface area contributed by atoms with Crippen molar-refractivity contribution in [1.29, 1.82) is 0 Å². The van der Waals surface area contributed by atoms with Gasteiger partial charge in [0.15, 0.2) is 23.3 Å². The molecule has 1 unspecified atom stereocenters. The van der Waals surface area contributed by atoms with Crippen LogP contribution in [-0.2, 0) is 6.54 Å². The molecule has 0 saturated carbocycles. The molecule has 6 nitrogen and oxygen atoms in total. The van der Waals surface area contributed by atoms with E-state index in [0.29, 0.717) is 29.3 Å². The minimum atomic E-state index is -0.274. The Morgan fingerprint density at radius 3 is 2.18 bits per heavy atom. The molecule has 0 amide bonds. The minimum Gasteiger partial charge on any atom is -0.493 e. The fraction of sp³-hybridized carbons (Fsp3) is 0.455. The van der Waals surface area contributed by atoms with E-state index in [-0.39, 0.29) is 17.6 Å². The summed E-state index contributed by atoms with van der Waals surface area (Å²) < 4.78 is 10.8. The first kappa shape index (κ1) is 21.7. The van der Waals surface area contributed by atoms with E-state index < -0.39 is 0 Å². The fourth-order valence-electron chi connectivity index (χ4n) is 3.63. The molecule has 0 bridgehead atoms. The van der Waals surface area contributed by atoms with Gasteiger partial charge in [0.1, 0.15) is 6.54 Å². The maximum absolute atomic E-state index is 13.1. The highest BCUT2D eigenvalue weighted by Crippen LogP contribution is 2.30. The minimum absolute atomic E-state index is 0.00345. The van der Waals surface area contributed by atoms with Gasteiger partial charge in [0.25, 0.3) is 0 Å².